The molecule has 0 aliphatic carbocycles. The lowest BCUT2D eigenvalue weighted by Crippen LogP contribution is -2.26. The monoisotopic (exact) mass is 293 g/mol. The largest absolute Gasteiger partial charge is 0.419 e. The zero-order valence-electron chi connectivity index (χ0n) is 10.6. The summed E-state index contributed by atoms with van der Waals surface area (Å²) >= 11 is 0. The predicted octanol–water partition coefficient (Wildman–Crippen LogP) is 2.74. The minimum Gasteiger partial charge on any atom is -0.396 e. The van der Waals surface area contributed by atoms with Crippen LogP contribution in [-0.2, 0) is 6.18 Å². The molecule has 20 heavy (non-hydrogen) atoms. The highest BCUT2D eigenvalue weighted by Crippen LogP contribution is 2.32. The number of alkyl halides is 3. The molecule has 0 aromatic heterocycles. The topological polar surface area (TPSA) is 49.3 Å². The van der Waals surface area contributed by atoms with Crippen molar-refractivity contribution in [1.82, 2.24) is 5.32 Å². The highest BCUT2D eigenvalue weighted by molar-refractivity contribution is 5.94. The summed E-state index contributed by atoms with van der Waals surface area (Å²) in [5.74, 6) is -2.44. The summed E-state index contributed by atoms with van der Waals surface area (Å²) in [6, 6.07) is 2.59. The van der Waals surface area contributed by atoms with E-state index in [2.05, 4.69) is 5.32 Å². The standard InChI is InChI=1S/C13H15F4NO2/c14-11-9(5-4-6-10(11)13(15,16)17)12(20)18-7-2-1-3-8-19/h4-6,19H,1-3,7-8H2,(H,18,20). The maximum Gasteiger partial charge on any atom is 0.419 e. The molecule has 1 aromatic carbocycles. The van der Waals surface area contributed by atoms with Crippen molar-refractivity contribution in [3.8, 4) is 0 Å². The van der Waals surface area contributed by atoms with Crippen molar-refractivity contribution in [3.05, 3.63) is 35.1 Å². The van der Waals surface area contributed by atoms with Crippen molar-refractivity contribution in [1.29, 1.82) is 0 Å². The number of nitrogens with one attached hydrogen (secondary N) is 1. The third-order valence-electron chi connectivity index (χ3n) is 2.67. The molecule has 0 spiro atoms. The van der Waals surface area contributed by atoms with E-state index in [9.17, 15) is 22.4 Å². The minimum absolute atomic E-state index is 0.0379. The van der Waals surface area contributed by atoms with Gasteiger partial charge in [-0.25, -0.2) is 4.39 Å². The highest BCUT2D eigenvalue weighted by Gasteiger charge is 2.35. The highest BCUT2D eigenvalue weighted by atomic mass is 19.4. The lowest BCUT2D eigenvalue weighted by atomic mass is 10.1. The molecule has 0 fully saturated rings. The van der Waals surface area contributed by atoms with E-state index < -0.39 is 29.0 Å². The number of aliphatic hydroxyl groups excluding tert-OH is 1. The third-order valence-corrected chi connectivity index (χ3v) is 2.67. The fraction of sp³-hybridized carbons (Fsp3) is 0.462. The molecule has 0 bridgehead atoms. The minimum atomic E-state index is -4.83. The van der Waals surface area contributed by atoms with Gasteiger partial charge in [0, 0.05) is 13.2 Å². The Kier molecular flexibility index (Phi) is 5.94. The fourth-order valence-corrected chi connectivity index (χ4v) is 1.64. The van der Waals surface area contributed by atoms with Gasteiger partial charge in [0.15, 0.2) is 0 Å². The Balaban J connectivity index is 2.69. The second-order valence-electron chi connectivity index (χ2n) is 4.21. The number of hydrogen-bond acceptors (Lipinski definition) is 2. The van der Waals surface area contributed by atoms with E-state index in [1.54, 1.807) is 0 Å². The van der Waals surface area contributed by atoms with Crippen LogP contribution in [0, 0.1) is 5.82 Å². The number of rotatable bonds is 6. The van der Waals surface area contributed by atoms with E-state index in [1.165, 1.54) is 0 Å². The molecule has 1 rings (SSSR count). The van der Waals surface area contributed by atoms with Crippen LogP contribution in [0.3, 0.4) is 0 Å². The molecule has 3 nitrogen and oxygen atoms in total. The number of carbonyl (C=O) groups is 1. The maximum atomic E-state index is 13.6. The van der Waals surface area contributed by atoms with Crippen LogP contribution in [0.4, 0.5) is 17.6 Å². The van der Waals surface area contributed by atoms with Gasteiger partial charge in [0.25, 0.3) is 5.91 Å². The summed E-state index contributed by atoms with van der Waals surface area (Å²) in [5, 5.41) is 10.9. The average molecular weight is 293 g/mol. The summed E-state index contributed by atoms with van der Waals surface area (Å²) in [6.45, 7) is 0.255. The molecule has 0 unspecified atom stereocenters. The number of aliphatic hydroxyl groups is 1. The number of amides is 1. The number of carbonyl (C=O) groups excluding carboxylic acids is 1. The molecule has 7 heteroatoms. The first-order valence-electron chi connectivity index (χ1n) is 6.12. The van der Waals surface area contributed by atoms with Gasteiger partial charge in [0.05, 0.1) is 11.1 Å². The molecule has 112 valence electrons. The Morgan fingerprint density at radius 1 is 1.20 bits per heavy atom. The van der Waals surface area contributed by atoms with Gasteiger partial charge in [-0.15, -0.1) is 0 Å². The molecule has 0 aliphatic heterocycles. The van der Waals surface area contributed by atoms with E-state index in [0.29, 0.717) is 25.3 Å². The molecule has 0 saturated carbocycles. The number of halogens is 4. The summed E-state index contributed by atoms with van der Waals surface area (Å²) in [5.41, 5.74) is -2.08. The van der Waals surface area contributed by atoms with E-state index in [-0.39, 0.29) is 13.2 Å². The van der Waals surface area contributed by atoms with Gasteiger partial charge in [0.1, 0.15) is 5.82 Å². The maximum absolute atomic E-state index is 13.6. The molecular weight excluding hydrogens is 278 g/mol. The molecule has 0 radical (unpaired) electrons. The average Bonchev–Trinajstić information content (AvgIpc) is 2.37. The Morgan fingerprint density at radius 3 is 2.50 bits per heavy atom. The van der Waals surface area contributed by atoms with E-state index >= 15 is 0 Å². The van der Waals surface area contributed by atoms with Crippen molar-refractivity contribution in [3.63, 3.8) is 0 Å². The van der Waals surface area contributed by atoms with Crippen LogP contribution in [-0.4, -0.2) is 24.2 Å². The van der Waals surface area contributed by atoms with Crippen LogP contribution in [0.2, 0.25) is 0 Å². The molecular formula is C13H15F4NO2. The van der Waals surface area contributed by atoms with Crippen molar-refractivity contribution in [2.24, 2.45) is 0 Å². The van der Waals surface area contributed by atoms with Crippen molar-refractivity contribution < 1.29 is 27.5 Å². The summed E-state index contributed by atoms with van der Waals surface area (Å²) < 4.78 is 51.1. The molecule has 1 aromatic rings. The number of unbranched alkanes of at least 4 members (excludes halogenated alkanes) is 2. The second-order valence-corrected chi connectivity index (χ2v) is 4.21. The Labute approximate surface area is 113 Å². The zero-order valence-corrected chi connectivity index (χ0v) is 10.6. The third kappa shape index (κ3) is 4.48. The normalized spacial score (nSPS) is 11.4. The summed E-state index contributed by atoms with van der Waals surface area (Å²) in [4.78, 5) is 11.6. The SMILES string of the molecule is O=C(NCCCCCO)c1cccc(C(F)(F)F)c1F. The summed E-state index contributed by atoms with van der Waals surface area (Å²) in [6.07, 6.45) is -3.02. The first-order chi connectivity index (χ1) is 9.38. The quantitative estimate of drug-likeness (QED) is 0.626. The van der Waals surface area contributed by atoms with Gasteiger partial charge < -0.3 is 10.4 Å². The van der Waals surface area contributed by atoms with Crippen LogP contribution >= 0.6 is 0 Å². The molecule has 0 atom stereocenters. The first-order valence-corrected chi connectivity index (χ1v) is 6.12. The lowest BCUT2D eigenvalue weighted by molar-refractivity contribution is -0.140. The number of benzene rings is 1. The predicted molar refractivity (Wildman–Crippen MR) is 64.7 cm³/mol. The smallest absolute Gasteiger partial charge is 0.396 e. The molecule has 2 N–H and O–H groups in total. The van der Waals surface area contributed by atoms with Crippen LogP contribution in [0.25, 0.3) is 0 Å². The van der Waals surface area contributed by atoms with E-state index in [1.807, 2.05) is 0 Å². The van der Waals surface area contributed by atoms with Gasteiger partial charge >= 0.3 is 6.18 Å². The van der Waals surface area contributed by atoms with Crippen LogP contribution in [0.1, 0.15) is 35.2 Å². The Hall–Kier alpha value is -1.63. The lowest BCUT2D eigenvalue weighted by Gasteiger charge is -2.11. The van der Waals surface area contributed by atoms with Gasteiger partial charge in [0.2, 0.25) is 0 Å². The van der Waals surface area contributed by atoms with Crippen molar-refractivity contribution >= 4 is 5.91 Å². The van der Waals surface area contributed by atoms with Crippen molar-refractivity contribution in [2.75, 3.05) is 13.2 Å². The zero-order chi connectivity index (χ0) is 15.2. The van der Waals surface area contributed by atoms with E-state index in [0.717, 1.165) is 12.1 Å². The Bertz CT molecular complexity index is 460. The molecule has 1 amide bonds. The van der Waals surface area contributed by atoms with Gasteiger partial charge in [-0.3, -0.25) is 4.79 Å². The Morgan fingerprint density at radius 2 is 1.90 bits per heavy atom. The molecule has 0 heterocycles. The fourth-order valence-electron chi connectivity index (χ4n) is 1.64. The first kappa shape index (κ1) is 16.4. The van der Waals surface area contributed by atoms with Gasteiger partial charge in [-0.2, -0.15) is 13.2 Å². The van der Waals surface area contributed by atoms with E-state index in [4.69, 9.17) is 5.11 Å². The second kappa shape index (κ2) is 7.23. The van der Waals surface area contributed by atoms with Gasteiger partial charge in [-0.1, -0.05) is 6.07 Å². The number of hydrogen-bond donors (Lipinski definition) is 2. The summed E-state index contributed by atoms with van der Waals surface area (Å²) in [7, 11) is 0. The van der Waals surface area contributed by atoms with Crippen molar-refractivity contribution in [2.45, 2.75) is 25.4 Å². The van der Waals surface area contributed by atoms with Crippen LogP contribution < -0.4 is 5.32 Å². The van der Waals surface area contributed by atoms with Gasteiger partial charge in [-0.05, 0) is 31.4 Å². The molecule has 0 saturated heterocycles. The van der Waals surface area contributed by atoms with Crippen LogP contribution in [0.15, 0.2) is 18.2 Å². The molecule has 0 aliphatic rings. The van der Waals surface area contributed by atoms with Crippen LogP contribution in [0.5, 0.6) is 0 Å².